The molecule has 104 valence electrons. The van der Waals surface area contributed by atoms with Crippen LogP contribution in [0.15, 0.2) is 0 Å². The highest BCUT2D eigenvalue weighted by molar-refractivity contribution is 5.76. The van der Waals surface area contributed by atoms with E-state index in [1.807, 2.05) is 0 Å². The van der Waals surface area contributed by atoms with E-state index in [0.29, 0.717) is 6.04 Å². The number of rotatable bonds is 4. The Morgan fingerprint density at radius 3 is 2.44 bits per heavy atom. The van der Waals surface area contributed by atoms with E-state index in [-0.39, 0.29) is 5.91 Å². The first-order valence-electron chi connectivity index (χ1n) is 7.74. The monoisotopic (exact) mass is 252 g/mol. The van der Waals surface area contributed by atoms with Gasteiger partial charge >= 0.3 is 0 Å². The second kappa shape index (κ2) is 7.13. The highest BCUT2D eigenvalue weighted by atomic mass is 16.1. The topological polar surface area (TPSA) is 41.1 Å². The third-order valence-corrected chi connectivity index (χ3v) is 4.62. The lowest BCUT2D eigenvalue weighted by atomic mass is 9.87. The molecule has 18 heavy (non-hydrogen) atoms. The number of piperidine rings is 1. The van der Waals surface area contributed by atoms with E-state index in [1.54, 1.807) is 0 Å². The molecule has 0 atom stereocenters. The van der Waals surface area contributed by atoms with Crippen molar-refractivity contribution in [3.8, 4) is 0 Å². The van der Waals surface area contributed by atoms with Gasteiger partial charge in [-0.15, -0.1) is 0 Å². The van der Waals surface area contributed by atoms with Gasteiger partial charge in [-0.2, -0.15) is 0 Å². The van der Waals surface area contributed by atoms with Crippen molar-refractivity contribution in [2.75, 3.05) is 13.1 Å². The third-order valence-electron chi connectivity index (χ3n) is 4.62. The molecule has 0 unspecified atom stereocenters. The zero-order valence-corrected chi connectivity index (χ0v) is 11.7. The van der Waals surface area contributed by atoms with Gasteiger partial charge in [0.2, 0.25) is 5.91 Å². The van der Waals surface area contributed by atoms with Crippen molar-refractivity contribution >= 4 is 5.91 Å². The summed E-state index contributed by atoms with van der Waals surface area (Å²) in [6, 6.07) is 0.460. The summed E-state index contributed by atoms with van der Waals surface area (Å²) in [6.45, 7) is 4.58. The molecule has 3 heteroatoms. The Kier molecular flexibility index (Phi) is 5.48. The molecular formula is C15H28N2O. The maximum Gasteiger partial charge on any atom is 0.220 e. The van der Waals surface area contributed by atoms with Crippen molar-refractivity contribution in [2.45, 2.75) is 64.3 Å². The molecule has 1 saturated carbocycles. The summed E-state index contributed by atoms with van der Waals surface area (Å²) in [5.74, 6) is 1.91. The number of hydrogen-bond donors (Lipinski definition) is 2. The summed E-state index contributed by atoms with van der Waals surface area (Å²) in [7, 11) is 0. The predicted molar refractivity (Wildman–Crippen MR) is 74.4 cm³/mol. The molecule has 0 aromatic heterocycles. The minimum Gasteiger partial charge on any atom is -0.353 e. The minimum absolute atomic E-state index is 0.285. The van der Waals surface area contributed by atoms with E-state index < -0.39 is 0 Å². The van der Waals surface area contributed by atoms with E-state index in [2.05, 4.69) is 17.6 Å². The van der Waals surface area contributed by atoms with E-state index in [9.17, 15) is 4.79 Å². The molecule has 0 radical (unpaired) electrons. The van der Waals surface area contributed by atoms with Gasteiger partial charge in [0.25, 0.3) is 0 Å². The number of carbonyl (C=O) groups is 1. The SMILES string of the molecule is CC1CCC(NC(=O)CCC2CCNCC2)CC1. The quantitative estimate of drug-likeness (QED) is 0.807. The van der Waals surface area contributed by atoms with Crippen molar-refractivity contribution in [1.82, 2.24) is 10.6 Å². The maximum absolute atomic E-state index is 11.9. The molecule has 3 nitrogen and oxygen atoms in total. The Balaban J connectivity index is 1.59. The second-order valence-electron chi connectivity index (χ2n) is 6.26. The number of hydrogen-bond acceptors (Lipinski definition) is 2. The molecule has 0 bridgehead atoms. The first-order valence-corrected chi connectivity index (χ1v) is 7.74. The Morgan fingerprint density at radius 1 is 1.11 bits per heavy atom. The second-order valence-corrected chi connectivity index (χ2v) is 6.26. The van der Waals surface area contributed by atoms with Crippen LogP contribution in [0.2, 0.25) is 0 Å². The minimum atomic E-state index is 0.285. The summed E-state index contributed by atoms with van der Waals surface area (Å²) in [5.41, 5.74) is 0. The zero-order chi connectivity index (χ0) is 12.8. The Morgan fingerprint density at radius 2 is 1.78 bits per heavy atom. The van der Waals surface area contributed by atoms with Crippen LogP contribution in [0.5, 0.6) is 0 Å². The summed E-state index contributed by atoms with van der Waals surface area (Å²) < 4.78 is 0. The van der Waals surface area contributed by atoms with Crippen LogP contribution in [-0.2, 0) is 4.79 Å². The maximum atomic E-state index is 11.9. The normalized spacial score (nSPS) is 30.1. The standard InChI is InChI=1S/C15H28N2O/c1-12-2-5-14(6-3-12)17-15(18)7-4-13-8-10-16-11-9-13/h12-14,16H,2-11H2,1H3,(H,17,18). The molecule has 0 aromatic carbocycles. The highest BCUT2D eigenvalue weighted by Gasteiger charge is 2.20. The summed E-state index contributed by atoms with van der Waals surface area (Å²) >= 11 is 0. The van der Waals surface area contributed by atoms with Crippen molar-refractivity contribution in [2.24, 2.45) is 11.8 Å². The predicted octanol–water partition coefficient (Wildman–Crippen LogP) is 2.46. The summed E-state index contributed by atoms with van der Waals surface area (Å²) in [6.07, 6.45) is 9.22. The molecule has 1 heterocycles. The van der Waals surface area contributed by atoms with Crippen LogP contribution in [0, 0.1) is 11.8 Å². The average molecular weight is 252 g/mol. The number of amides is 1. The van der Waals surface area contributed by atoms with Gasteiger partial charge in [0.1, 0.15) is 0 Å². The van der Waals surface area contributed by atoms with Crippen molar-refractivity contribution in [3.05, 3.63) is 0 Å². The largest absolute Gasteiger partial charge is 0.353 e. The summed E-state index contributed by atoms with van der Waals surface area (Å²) in [5, 5.41) is 6.60. The fourth-order valence-electron chi connectivity index (χ4n) is 3.21. The molecule has 0 aromatic rings. The van der Waals surface area contributed by atoms with E-state index in [4.69, 9.17) is 0 Å². The van der Waals surface area contributed by atoms with Gasteiger partial charge in [0, 0.05) is 12.5 Å². The van der Waals surface area contributed by atoms with Crippen LogP contribution in [0.3, 0.4) is 0 Å². The Bertz CT molecular complexity index is 253. The lowest BCUT2D eigenvalue weighted by Crippen LogP contribution is -2.37. The molecule has 2 fully saturated rings. The first kappa shape index (κ1) is 13.9. The van der Waals surface area contributed by atoms with Gasteiger partial charge in [-0.25, -0.2) is 0 Å². The van der Waals surface area contributed by atoms with Gasteiger partial charge in [-0.05, 0) is 69.9 Å². The molecule has 0 spiro atoms. The van der Waals surface area contributed by atoms with Crippen molar-refractivity contribution in [1.29, 1.82) is 0 Å². The molecule has 1 aliphatic carbocycles. The lowest BCUT2D eigenvalue weighted by molar-refractivity contribution is -0.122. The van der Waals surface area contributed by atoms with Gasteiger partial charge < -0.3 is 10.6 Å². The van der Waals surface area contributed by atoms with Gasteiger partial charge in [-0.3, -0.25) is 4.79 Å². The van der Waals surface area contributed by atoms with E-state index >= 15 is 0 Å². The van der Waals surface area contributed by atoms with Crippen molar-refractivity contribution < 1.29 is 4.79 Å². The Labute approximate surface area is 111 Å². The van der Waals surface area contributed by atoms with Crippen LogP contribution >= 0.6 is 0 Å². The van der Waals surface area contributed by atoms with Crippen LogP contribution < -0.4 is 10.6 Å². The molecule has 2 N–H and O–H groups in total. The smallest absolute Gasteiger partial charge is 0.220 e. The lowest BCUT2D eigenvalue weighted by Gasteiger charge is -2.27. The van der Waals surface area contributed by atoms with Crippen LogP contribution in [0.1, 0.15) is 58.3 Å². The van der Waals surface area contributed by atoms with E-state index in [0.717, 1.165) is 37.8 Å². The number of carbonyl (C=O) groups excluding carboxylic acids is 1. The Hall–Kier alpha value is -0.570. The molecular weight excluding hydrogens is 224 g/mol. The first-order chi connectivity index (χ1) is 8.74. The van der Waals surface area contributed by atoms with Gasteiger partial charge in [0.05, 0.1) is 0 Å². The molecule has 2 rings (SSSR count). The molecule has 1 aliphatic heterocycles. The highest BCUT2D eigenvalue weighted by Crippen LogP contribution is 2.24. The van der Waals surface area contributed by atoms with Gasteiger partial charge in [-0.1, -0.05) is 6.92 Å². The van der Waals surface area contributed by atoms with Crippen molar-refractivity contribution in [3.63, 3.8) is 0 Å². The van der Waals surface area contributed by atoms with Crippen LogP contribution in [-0.4, -0.2) is 25.0 Å². The molecule has 1 saturated heterocycles. The number of nitrogens with one attached hydrogen (secondary N) is 2. The third kappa shape index (κ3) is 4.60. The molecule has 2 aliphatic rings. The average Bonchev–Trinajstić information content (AvgIpc) is 2.40. The fourth-order valence-corrected chi connectivity index (χ4v) is 3.21. The fraction of sp³-hybridized carbons (Fsp3) is 0.933. The van der Waals surface area contributed by atoms with Crippen LogP contribution in [0.25, 0.3) is 0 Å². The zero-order valence-electron chi connectivity index (χ0n) is 11.7. The van der Waals surface area contributed by atoms with Gasteiger partial charge in [0.15, 0.2) is 0 Å². The van der Waals surface area contributed by atoms with E-state index in [1.165, 1.54) is 38.5 Å². The summed E-state index contributed by atoms with van der Waals surface area (Å²) in [4.78, 5) is 11.9. The van der Waals surface area contributed by atoms with Crippen LogP contribution in [0.4, 0.5) is 0 Å². The molecule has 1 amide bonds.